The van der Waals surface area contributed by atoms with Crippen LogP contribution < -0.4 is 20.4 Å². The number of hydrogen-bond donors (Lipinski definition) is 2. The number of nitrogens with one attached hydrogen (secondary N) is 2. The fourth-order valence-electron chi connectivity index (χ4n) is 14.4. The summed E-state index contributed by atoms with van der Waals surface area (Å²) >= 11 is 0. The molecule has 14 rings (SSSR count). The minimum absolute atomic E-state index is 0.0568. The number of nitrogens with zero attached hydrogens (tertiary/aromatic N) is 9. The Morgan fingerprint density at radius 3 is 2.29 bits per heavy atom. The average molecular weight is 990 g/mol. The summed E-state index contributed by atoms with van der Waals surface area (Å²) in [6, 6.07) is 14.0. The fraction of sp³-hybridized carbons (Fsp3) is 0.614. The minimum atomic E-state index is -0.666. The molecule has 4 aromatic rings. The van der Waals surface area contributed by atoms with Crippen LogP contribution in [0.3, 0.4) is 0 Å². The first-order chi connectivity index (χ1) is 35.5. The van der Waals surface area contributed by atoms with Gasteiger partial charge in [-0.05, 0) is 151 Å². The third-order valence-electron chi connectivity index (χ3n) is 19.0. The smallest absolute Gasteiger partial charge is 0.238 e. The molecule has 16 heteroatoms. The highest BCUT2D eigenvalue weighted by Crippen LogP contribution is 2.53. The molecule has 6 saturated heterocycles. The lowest BCUT2D eigenvalue weighted by Gasteiger charge is -2.54. The highest BCUT2D eigenvalue weighted by molar-refractivity contribution is 6.09. The van der Waals surface area contributed by atoms with Gasteiger partial charge in [-0.3, -0.25) is 29.3 Å². The van der Waals surface area contributed by atoms with Gasteiger partial charge < -0.3 is 34.4 Å². The third kappa shape index (κ3) is 8.37. The Hall–Kier alpha value is -5.90. The van der Waals surface area contributed by atoms with Crippen LogP contribution in [0, 0.1) is 23.7 Å². The number of anilines is 3. The average Bonchev–Trinajstić information content (AvgIpc) is 4.05. The van der Waals surface area contributed by atoms with Gasteiger partial charge in [0.15, 0.2) is 5.82 Å². The van der Waals surface area contributed by atoms with Crippen LogP contribution >= 0.6 is 0 Å². The normalized spacial score (nSPS) is 28.3. The number of piperidine rings is 6. The zero-order chi connectivity index (χ0) is 49.7. The first-order valence-electron chi connectivity index (χ1n) is 28.0. The number of aromatic nitrogens is 4. The molecule has 10 aliphatic rings. The molecule has 2 N–H and O–H groups in total. The number of imide groups is 1. The van der Waals surface area contributed by atoms with Crippen molar-refractivity contribution in [3.05, 3.63) is 60.0 Å². The van der Waals surface area contributed by atoms with Crippen LogP contribution in [-0.2, 0) is 29.4 Å². The van der Waals surface area contributed by atoms with Crippen molar-refractivity contribution >= 4 is 57.9 Å². The predicted molar refractivity (Wildman–Crippen MR) is 278 cm³/mol. The number of benzene rings is 1. The number of carbonyl (C=O) groups is 5. The number of likely N-dealkylation sites (tertiary alicyclic amines) is 2. The van der Waals surface area contributed by atoms with E-state index in [9.17, 15) is 19.2 Å². The maximum Gasteiger partial charge on any atom is 0.238 e. The van der Waals surface area contributed by atoms with E-state index >= 15 is 4.79 Å². The molecule has 73 heavy (non-hydrogen) atoms. The van der Waals surface area contributed by atoms with Crippen LogP contribution in [0.25, 0.3) is 22.3 Å². The van der Waals surface area contributed by atoms with Crippen LogP contribution in [-0.4, -0.2) is 134 Å². The van der Waals surface area contributed by atoms with E-state index in [2.05, 4.69) is 77.9 Å². The van der Waals surface area contributed by atoms with Crippen LogP contribution in [0.2, 0.25) is 0 Å². The fourth-order valence-corrected chi connectivity index (χ4v) is 14.4. The van der Waals surface area contributed by atoms with Gasteiger partial charge in [0.05, 0.1) is 28.9 Å². The molecule has 9 fully saturated rings. The summed E-state index contributed by atoms with van der Waals surface area (Å²) in [6.07, 6.45) is 17.2. The summed E-state index contributed by atoms with van der Waals surface area (Å²) in [5, 5.41) is 6.15. The van der Waals surface area contributed by atoms with E-state index in [0.29, 0.717) is 76.3 Å². The number of amides is 5. The molecule has 5 amide bonds. The molecule has 1 aromatic carbocycles. The van der Waals surface area contributed by atoms with Crippen molar-refractivity contribution in [2.75, 3.05) is 67.5 Å². The number of carbonyl (C=O) groups excluding carboxylic acids is 5. The largest absolute Gasteiger partial charge is 0.366 e. The number of imidazole rings is 1. The molecule has 1 spiro atoms. The summed E-state index contributed by atoms with van der Waals surface area (Å²) in [4.78, 5) is 93.6. The SMILES string of the molecule is CC(C)n1cnc2cc(-c3ccc4c(c3)N(C3CC(N5CCCCC5)C3)C(=O)C43CCN(C(=O)C4[C@@H]5C[C@H]4CN(C(=O)CC4CCN(c6ccc(C7CCC(=O)NC7=O)cn6)CC4)C5)CC3)nc(NC3CC3)c21. The van der Waals surface area contributed by atoms with E-state index in [1.165, 1.54) is 19.3 Å². The summed E-state index contributed by atoms with van der Waals surface area (Å²) in [5.74, 6) is 2.17. The Morgan fingerprint density at radius 1 is 0.822 bits per heavy atom. The molecule has 2 unspecified atom stereocenters. The number of fused-ring (bicyclic) bond motifs is 5. The van der Waals surface area contributed by atoms with Gasteiger partial charge in [-0.15, -0.1) is 0 Å². The van der Waals surface area contributed by atoms with Gasteiger partial charge in [0.25, 0.3) is 0 Å². The Bertz CT molecular complexity index is 2820. The van der Waals surface area contributed by atoms with E-state index in [0.717, 1.165) is 122 Å². The van der Waals surface area contributed by atoms with Gasteiger partial charge in [-0.2, -0.15) is 0 Å². The highest BCUT2D eigenvalue weighted by atomic mass is 16.2. The quantitative estimate of drug-likeness (QED) is 0.152. The molecular weight excluding hydrogens is 919 g/mol. The van der Waals surface area contributed by atoms with Crippen molar-refractivity contribution in [2.24, 2.45) is 23.7 Å². The lowest BCUT2D eigenvalue weighted by atomic mass is 9.60. The van der Waals surface area contributed by atoms with E-state index in [1.807, 2.05) is 23.4 Å². The number of hydrogen-bond acceptors (Lipinski definition) is 11. The third-order valence-corrected chi connectivity index (χ3v) is 19.0. The molecule has 384 valence electrons. The van der Waals surface area contributed by atoms with Crippen molar-refractivity contribution in [3.8, 4) is 11.3 Å². The van der Waals surface area contributed by atoms with Crippen molar-refractivity contribution in [1.29, 1.82) is 0 Å². The second kappa shape index (κ2) is 18.5. The minimum Gasteiger partial charge on any atom is -0.366 e. The second-order valence-corrected chi connectivity index (χ2v) is 23.7. The Balaban J connectivity index is 0.656. The van der Waals surface area contributed by atoms with Gasteiger partial charge in [0.2, 0.25) is 29.5 Å². The van der Waals surface area contributed by atoms with Crippen molar-refractivity contribution in [2.45, 2.75) is 146 Å². The molecule has 3 aliphatic carbocycles. The van der Waals surface area contributed by atoms with E-state index in [4.69, 9.17) is 9.97 Å². The number of pyridine rings is 2. The van der Waals surface area contributed by atoms with E-state index < -0.39 is 5.41 Å². The molecule has 4 atom stereocenters. The molecule has 2 bridgehead atoms. The van der Waals surface area contributed by atoms with Crippen molar-refractivity contribution in [1.82, 2.24) is 39.5 Å². The summed E-state index contributed by atoms with van der Waals surface area (Å²) in [5.41, 5.74) is 6.10. The monoisotopic (exact) mass is 990 g/mol. The van der Waals surface area contributed by atoms with Crippen LogP contribution in [0.4, 0.5) is 17.3 Å². The first-order valence-corrected chi connectivity index (χ1v) is 28.0. The van der Waals surface area contributed by atoms with Gasteiger partial charge in [0.1, 0.15) is 11.3 Å². The molecule has 3 aromatic heterocycles. The second-order valence-electron chi connectivity index (χ2n) is 23.7. The highest BCUT2D eigenvalue weighted by Gasteiger charge is 2.58. The topological polar surface area (TPSA) is 169 Å². The Kier molecular flexibility index (Phi) is 11.9. The van der Waals surface area contributed by atoms with Gasteiger partial charge >= 0.3 is 0 Å². The maximum atomic E-state index is 15.3. The summed E-state index contributed by atoms with van der Waals surface area (Å²) < 4.78 is 2.20. The lowest BCUT2D eigenvalue weighted by Crippen LogP contribution is -2.62. The Labute approximate surface area is 428 Å². The van der Waals surface area contributed by atoms with E-state index in [1.54, 1.807) is 6.20 Å². The standard InChI is InChI=1S/C57H71N11O5/c1-34(2)67-33-59-46-29-45(61-53(52(46)67)60-40-8-9-40)36-6-11-44-47(26-36)68(42-27-41(28-42)63-18-4-3-5-19-63)56(73)57(44)16-22-65(23-17-57)55(72)51-38-25-39(51)32-66(31-38)50(70)24-35-14-20-64(21-15-35)48-12-7-37(30-58-48)43-10-13-49(69)62-54(43)71/h6-7,11-12,26,29-30,33-35,38-43,51H,3-5,8-10,13-25,27-28,31-32H2,1-2H3,(H,60,61)(H,62,69,71)/t38-,39+,41?,42?,43?,51?. The Morgan fingerprint density at radius 2 is 1.59 bits per heavy atom. The maximum absolute atomic E-state index is 15.3. The van der Waals surface area contributed by atoms with Gasteiger partial charge in [-0.25, -0.2) is 15.0 Å². The molecule has 10 heterocycles. The molecule has 0 radical (unpaired) electrons. The molecule has 7 aliphatic heterocycles. The number of rotatable bonds is 11. The first kappa shape index (κ1) is 46.9. The molecule has 16 nitrogen and oxygen atoms in total. The van der Waals surface area contributed by atoms with Crippen molar-refractivity contribution < 1.29 is 24.0 Å². The van der Waals surface area contributed by atoms with Crippen LogP contribution in [0.1, 0.15) is 133 Å². The van der Waals surface area contributed by atoms with Crippen LogP contribution in [0.5, 0.6) is 0 Å². The van der Waals surface area contributed by atoms with E-state index in [-0.39, 0.29) is 65.3 Å². The zero-order valence-electron chi connectivity index (χ0n) is 42.6. The zero-order valence-corrected chi connectivity index (χ0v) is 42.6. The van der Waals surface area contributed by atoms with Gasteiger partial charge in [-0.1, -0.05) is 24.6 Å². The molecular formula is C57H71N11O5. The predicted octanol–water partition coefficient (Wildman–Crippen LogP) is 6.79. The van der Waals surface area contributed by atoms with Crippen LogP contribution in [0.15, 0.2) is 48.9 Å². The summed E-state index contributed by atoms with van der Waals surface area (Å²) in [6.45, 7) is 10.7. The van der Waals surface area contributed by atoms with Crippen molar-refractivity contribution in [3.63, 3.8) is 0 Å². The lowest BCUT2D eigenvalue weighted by molar-refractivity contribution is -0.161. The molecule has 3 saturated carbocycles. The van der Waals surface area contributed by atoms with Gasteiger partial charge in [0, 0.05) is 99.6 Å². The summed E-state index contributed by atoms with van der Waals surface area (Å²) in [7, 11) is 0.